The van der Waals surface area contributed by atoms with Crippen molar-refractivity contribution in [1.82, 2.24) is 20.2 Å². The summed E-state index contributed by atoms with van der Waals surface area (Å²) in [5.41, 5.74) is 1.02. The summed E-state index contributed by atoms with van der Waals surface area (Å²) < 4.78 is 5.75. The molecule has 1 aromatic carbocycles. The number of carbonyl (C=O) groups is 2. The topological polar surface area (TPSA) is 112 Å². The largest absolute Gasteiger partial charge is 0.441 e. The average Bonchev–Trinajstić information content (AvgIpc) is 3.59. The first-order chi connectivity index (χ1) is 17.2. The van der Waals surface area contributed by atoms with Crippen LogP contribution in [-0.4, -0.2) is 46.1 Å². The van der Waals surface area contributed by atoms with E-state index >= 15 is 0 Å². The Hall–Kier alpha value is -3.50. The predicted octanol–water partition coefficient (Wildman–Crippen LogP) is 5.41. The lowest BCUT2D eigenvalue weighted by atomic mass is 9.94. The monoisotopic (exact) mass is 508 g/mol. The van der Waals surface area contributed by atoms with Gasteiger partial charge < -0.3 is 15.1 Å². The molecule has 1 saturated heterocycles. The quantitative estimate of drug-likeness (QED) is 0.393. The van der Waals surface area contributed by atoms with Gasteiger partial charge in [0.25, 0.3) is 5.91 Å². The minimum absolute atomic E-state index is 0.00193. The van der Waals surface area contributed by atoms with E-state index in [1.165, 1.54) is 24.2 Å². The predicted molar refractivity (Wildman–Crippen MR) is 143 cm³/mol. The van der Waals surface area contributed by atoms with Gasteiger partial charge in [0.1, 0.15) is 5.76 Å². The molecule has 0 aliphatic carbocycles. The molecule has 36 heavy (non-hydrogen) atoms. The zero-order chi connectivity index (χ0) is 25.7. The van der Waals surface area contributed by atoms with E-state index in [4.69, 9.17) is 4.42 Å². The van der Waals surface area contributed by atoms with Gasteiger partial charge in [-0.15, -0.1) is 0 Å². The second-order valence-corrected chi connectivity index (χ2v) is 10.8. The summed E-state index contributed by atoms with van der Waals surface area (Å²) in [6.07, 6.45) is 9.35. The molecule has 0 radical (unpaired) electrons. The van der Waals surface area contributed by atoms with Crippen molar-refractivity contribution < 1.29 is 14.0 Å². The molecule has 0 bridgehead atoms. The van der Waals surface area contributed by atoms with Gasteiger partial charge in [-0.3, -0.25) is 15.0 Å². The first-order valence-corrected chi connectivity index (χ1v) is 12.8. The van der Waals surface area contributed by atoms with Gasteiger partial charge >= 0.3 is 6.03 Å². The van der Waals surface area contributed by atoms with E-state index in [1.807, 2.05) is 13.0 Å². The van der Waals surface area contributed by atoms with Crippen molar-refractivity contribution in [2.24, 2.45) is 0 Å². The Labute approximate surface area is 215 Å². The SMILES string of the molecule is CC(NC(=O)c1ccc(NC(=O)Nc2ncc(/C=C/c3ncc(C(C)(C)C)o3)s2)cc1)N1CCCC1. The molecule has 1 aliphatic heterocycles. The Morgan fingerprint density at radius 1 is 1.06 bits per heavy atom. The lowest BCUT2D eigenvalue weighted by molar-refractivity contribution is 0.0885. The summed E-state index contributed by atoms with van der Waals surface area (Å²) >= 11 is 1.33. The molecule has 1 atom stereocenters. The van der Waals surface area contributed by atoms with Gasteiger partial charge in [-0.2, -0.15) is 0 Å². The molecule has 3 N–H and O–H groups in total. The highest BCUT2D eigenvalue weighted by Gasteiger charge is 2.20. The van der Waals surface area contributed by atoms with Crippen molar-refractivity contribution >= 4 is 46.2 Å². The highest BCUT2D eigenvalue weighted by atomic mass is 32.1. The van der Waals surface area contributed by atoms with E-state index in [-0.39, 0.29) is 17.5 Å². The number of likely N-dealkylation sites (tertiary alicyclic amines) is 1. The molecular weight excluding hydrogens is 476 g/mol. The van der Waals surface area contributed by atoms with Crippen LogP contribution in [0, 0.1) is 0 Å². The van der Waals surface area contributed by atoms with Crippen LogP contribution >= 0.6 is 11.3 Å². The number of aromatic nitrogens is 2. The Morgan fingerprint density at radius 3 is 2.44 bits per heavy atom. The van der Waals surface area contributed by atoms with Crippen LogP contribution in [0.4, 0.5) is 15.6 Å². The van der Waals surface area contributed by atoms with Crippen molar-refractivity contribution in [1.29, 1.82) is 0 Å². The molecule has 190 valence electrons. The standard InChI is InChI=1S/C26H32N6O3S/c1-17(32-13-5-6-14-32)29-23(33)18-7-9-19(10-8-18)30-24(34)31-25-28-15-20(36-25)11-12-22-27-16-21(35-22)26(2,3)4/h7-12,15-17H,5-6,13-14H2,1-4H3,(H,29,33)(H2,28,30,31,34)/b12-11+. The zero-order valence-corrected chi connectivity index (χ0v) is 21.8. The van der Waals surface area contributed by atoms with Crippen LogP contribution in [0.15, 0.2) is 41.1 Å². The Morgan fingerprint density at radius 2 is 1.78 bits per heavy atom. The molecule has 1 unspecified atom stereocenters. The van der Waals surface area contributed by atoms with Crippen LogP contribution in [0.2, 0.25) is 0 Å². The second-order valence-electron chi connectivity index (χ2n) is 9.76. The van der Waals surface area contributed by atoms with E-state index in [1.54, 1.807) is 42.7 Å². The van der Waals surface area contributed by atoms with E-state index in [0.29, 0.717) is 22.3 Å². The number of nitrogens with zero attached hydrogens (tertiary/aromatic N) is 3. The average molecular weight is 509 g/mol. The molecular formula is C26H32N6O3S. The van der Waals surface area contributed by atoms with E-state index < -0.39 is 6.03 Å². The fourth-order valence-electron chi connectivity index (χ4n) is 3.74. The molecule has 3 heterocycles. The molecule has 2 aromatic heterocycles. The second kappa shape index (κ2) is 11.0. The first-order valence-electron chi connectivity index (χ1n) is 12.0. The number of carbonyl (C=O) groups excluding carboxylic acids is 2. The third kappa shape index (κ3) is 6.79. The molecule has 3 amide bonds. The number of urea groups is 1. The number of hydrogen-bond acceptors (Lipinski definition) is 7. The molecule has 10 heteroatoms. The van der Waals surface area contributed by atoms with Crippen molar-refractivity contribution in [2.75, 3.05) is 23.7 Å². The van der Waals surface area contributed by atoms with Gasteiger partial charge in [0.15, 0.2) is 5.13 Å². The Kier molecular flexibility index (Phi) is 7.85. The Balaban J connectivity index is 1.27. The first kappa shape index (κ1) is 25.6. The maximum atomic E-state index is 12.5. The summed E-state index contributed by atoms with van der Waals surface area (Å²) in [6, 6.07) is 6.38. The van der Waals surface area contributed by atoms with Crippen LogP contribution in [0.3, 0.4) is 0 Å². The summed E-state index contributed by atoms with van der Waals surface area (Å²) in [5, 5.41) is 8.97. The smallest absolute Gasteiger partial charge is 0.325 e. The summed E-state index contributed by atoms with van der Waals surface area (Å²) in [7, 11) is 0. The minimum atomic E-state index is -0.415. The minimum Gasteiger partial charge on any atom is -0.441 e. The zero-order valence-electron chi connectivity index (χ0n) is 21.0. The number of amides is 3. The number of nitrogens with one attached hydrogen (secondary N) is 3. The molecule has 3 aromatic rings. The number of rotatable bonds is 7. The van der Waals surface area contributed by atoms with Crippen LogP contribution in [-0.2, 0) is 5.41 Å². The van der Waals surface area contributed by atoms with Crippen LogP contribution < -0.4 is 16.0 Å². The van der Waals surface area contributed by atoms with Gasteiger partial charge in [0.05, 0.1) is 12.4 Å². The van der Waals surface area contributed by atoms with E-state index in [0.717, 1.165) is 23.7 Å². The van der Waals surface area contributed by atoms with E-state index in [9.17, 15) is 9.59 Å². The van der Waals surface area contributed by atoms with Crippen molar-refractivity contribution in [2.45, 2.75) is 52.1 Å². The number of benzene rings is 1. The molecule has 1 fully saturated rings. The normalized spacial score (nSPS) is 15.2. The number of hydrogen-bond donors (Lipinski definition) is 3. The number of oxazole rings is 1. The third-order valence-electron chi connectivity index (χ3n) is 5.83. The van der Waals surface area contributed by atoms with Crippen molar-refractivity contribution in [3.8, 4) is 0 Å². The van der Waals surface area contributed by atoms with Gasteiger partial charge in [-0.25, -0.2) is 14.8 Å². The number of thiazole rings is 1. The molecule has 4 rings (SSSR count). The lowest BCUT2D eigenvalue weighted by Gasteiger charge is -2.24. The van der Waals surface area contributed by atoms with Crippen molar-refractivity contribution in [3.05, 3.63) is 58.8 Å². The highest BCUT2D eigenvalue weighted by Crippen LogP contribution is 2.25. The van der Waals surface area contributed by atoms with Gasteiger partial charge in [0, 0.05) is 46.9 Å². The number of anilines is 2. The summed E-state index contributed by atoms with van der Waals surface area (Å²) in [4.78, 5) is 36.5. The maximum Gasteiger partial charge on any atom is 0.325 e. The third-order valence-corrected chi connectivity index (χ3v) is 6.71. The molecule has 9 nitrogen and oxygen atoms in total. The maximum absolute atomic E-state index is 12.5. The lowest BCUT2D eigenvalue weighted by Crippen LogP contribution is -2.44. The van der Waals surface area contributed by atoms with Crippen molar-refractivity contribution in [3.63, 3.8) is 0 Å². The van der Waals surface area contributed by atoms with Crippen LogP contribution in [0.1, 0.15) is 67.4 Å². The van der Waals surface area contributed by atoms with Crippen LogP contribution in [0.25, 0.3) is 12.2 Å². The fraction of sp³-hybridized carbons (Fsp3) is 0.385. The van der Waals surface area contributed by atoms with Gasteiger partial charge in [0.2, 0.25) is 5.89 Å². The van der Waals surface area contributed by atoms with Gasteiger partial charge in [-0.1, -0.05) is 32.1 Å². The van der Waals surface area contributed by atoms with Gasteiger partial charge in [-0.05, 0) is 50.1 Å². The highest BCUT2D eigenvalue weighted by molar-refractivity contribution is 7.16. The molecule has 1 aliphatic rings. The van der Waals surface area contributed by atoms with E-state index in [2.05, 4.69) is 51.6 Å². The Bertz CT molecular complexity index is 1220. The molecule has 0 spiro atoms. The summed E-state index contributed by atoms with van der Waals surface area (Å²) in [6.45, 7) is 10.2. The van der Waals surface area contributed by atoms with Crippen LogP contribution in [0.5, 0.6) is 0 Å². The summed E-state index contributed by atoms with van der Waals surface area (Å²) in [5.74, 6) is 1.20. The molecule has 0 saturated carbocycles. The fourth-order valence-corrected chi connectivity index (χ4v) is 4.46.